The molecule has 2 saturated heterocycles. The molecule has 2 aliphatic rings. The van der Waals surface area contributed by atoms with Crippen LogP contribution in [0.4, 0.5) is 0 Å². The van der Waals surface area contributed by atoms with E-state index in [-0.39, 0.29) is 24.6 Å². The largest absolute Gasteiger partial charge is 0.373 e. The number of hydrogen-bond acceptors (Lipinski definition) is 6. The number of rotatable bonds is 5. The molecule has 4 rings (SSSR count). The van der Waals surface area contributed by atoms with Crippen molar-refractivity contribution in [3.63, 3.8) is 0 Å². The fraction of sp³-hybridized carbons (Fsp3) is 0.600. The van der Waals surface area contributed by atoms with Crippen molar-refractivity contribution in [1.29, 1.82) is 0 Å². The second kappa shape index (κ2) is 8.87. The van der Waals surface area contributed by atoms with Crippen molar-refractivity contribution in [2.24, 2.45) is 7.05 Å². The highest BCUT2D eigenvalue weighted by Crippen LogP contribution is 2.31. The Bertz CT molecular complexity index is 888. The number of piperidine rings is 1. The van der Waals surface area contributed by atoms with Crippen LogP contribution in [0.1, 0.15) is 30.9 Å². The highest BCUT2D eigenvalue weighted by Gasteiger charge is 2.38. The van der Waals surface area contributed by atoms with Gasteiger partial charge in [0, 0.05) is 44.3 Å². The molecule has 2 atom stereocenters. The molecule has 0 bridgehead atoms. The minimum absolute atomic E-state index is 0.0279. The standard InChI is InChI=1S/C20H28N6O3/c1-23-13-16(12-22-23)19-17(14-24-7-3-2-4-8-24)29-11-10-26(19)18(27)15-25-9-5-6-21-20(25)28/h5-6,9,12-13,17,19H,2-4,7-8,10-11,14-15H2,1H3/t17-,19-/m0/s1. The van der Waals surface area contributed by atoms with E-state index in [1.54, 1.807) is 23.1 Å². The average molecular weight is 400 g/mol. The zero-order chi connectivity index (χ0) is 20.2. The van der Waals surface area contributed by atoms with Crippen molar-refractivity contribution in [3.05, 3.63) is 46.9 Å². The number of nitrogens with zero attached hydrogens (tertiary/aromatic N) is 6. The number of hydrogen-bond donors (Lipinski definition) is 0. The maximum Gasteiger partial charge on any atom is 0.347 e. The SMILES string of the molecule is Cn1cc([C@H]2[C@H](CN3CCCCC3)OCCN2C(=O)Cn2cccnc2=O)cn1. The van der Waals surface area contributed by atoms with Gasteiger partial charge in [-0.2, -0.15) is 5.10 Å². The van der Waals surface area contributed by atoms with Gasteiger partial charge in [-0.05, 0) is 32.0 Å². The molecule has 156 valence electrons. The van der Waals surface area contributed by atoms with E-state index >= 15 is 0 Å². The van der Waals surface area contributed by atoms with E-state index in [9.17, 15) is 9.59 Å². The van der Waals surface area contributed by atoms with Crippen LogP contribution in [0.25, 0.3) is 0 Å². The minimum Gasteiger partial charge on any atom is -0.373 e. The van der Waals surface area contributed by atoms with E-state index in [0.29, 0.717) is 13.2 Å². The van der Waals surface area contributed by atoms with Gasteiger partial charge in [0.15, 0.2) is 0 Å². The highest BCUT2D eigenvalue weighted by atomic mass is 16.5. The summed E-state index contributed by atoms with van der Waals surface area (Å²) in [6.07, 6.45) is 10.3. The van der Waals surface area contributed by atoms with Gasteiger partial charge in [0.25, 0.3) is 0 Å². The Morgan fingerprint density at radius 1 is 1.24 bits per heavy atom. The Morgan fingerprint density at radius 3 is 2.79 bits per heavy atom. The van der Waals surface area contributed by atoms with Gasteiger partial charge in [-0.1, -0.05) is 6.42 Å². The molecule has 0 aromatic carbocycles. The van der Waals surface area contributed by atoms with Crippen LogP contribution in [0.15, 0.2) is 35.6 Å². The predicted molar refractivity (Wildman–Crippen MR) is 106 cm³/mol. The van der Waals surface area contributed by atoms with Crippen LogP contribution in [0.2, 0.25) is 0 Å². The summed E-state index contributed by atoms with van der Waals surface area (Å²) in [7, 11) is 1.87. The van der Waals surface area contributed by atoms with Gasteiger partial charge in [0.1, 0.15) is 6.54 Å². The minimum atomic E-state index is -0.420. The molecule has 2 aromatic heterocycles. The lowest BCUT2D eigenvalue weighted by Gasteiger charge is -2.43. The molecule has 0 aliphatic carbocycles. The molecule has 2 aliphatic heterocycles. The molecular formula is C20H28N6O3. The van der Waals surface area contributed by atoms with Gasteiger partial charge in [0.05, 0.1) is 24.9 Å². The first-order valence-electron chi connectivity index (χ1n) is 10.3. The molecule has 0 saturated carbocycles. The maximum absolute atomic E-state index is 13.2. The molecular weight excluding hydrogens is 372 g/mol. The number of likely N-dealkylation sites (tertiary alicyclic amines) is 1. The maximum atomic E-state index is 13.2. The summed E-state index contributed by atoms with van der Waals surface area (Å²) in [5.74, 6) is -0.110. The van der Waals surface area contributed by atoms with Crippen LogP contribution >= 0.6 is 0 Å². The third kappa shape index (κ3) is 4.56. The number of aryl methyl sites for hydroxylation is 1. The number of morpholine rings is 1. The van der Waals surface area contributed by atoms with E-state index in [1.165, 1.54) is 30.0 Å². The molecule has 2 aromatic rings. The van der Waals surface area contributed by atoms with Gasteiger partial charge >= 0.3 is 5.69 Å². The highest BCUT2D eigenvalue weighted by molar-refractivity contribution is 5.76. The van der Waals surface area contributed by atoms with Crippen LogP contribution in [-0.4, -0.2) is 73.9 Å². The van der Waals surface area contributed by atoms with Crippen molar-refractivity contribution in [2.45, 2.75) is 38.0 Å². The van der Waals surface area contributed by atoms with E-state index in [0.717, 1.165) is 25.2 Å². The van der Waals surface area contributed by atoms with Gasteiger partial charge in [0.2, 0.25) is 5.91 Å². The van der Waals surface area contributed by atoms with Gasteiger partial charge in [-0.25, -0.2) is 9.78 Å². The molecule has 1 amide bonds. The average Bonchev–Trinajstić information content (AvgIpc) is 3.16. The Morgan fingerprint density at radius 2 is 2.07 bits per heavy atom. The van der Waals surface area contributed by atoms with E-state index in [4.69, 9.17) is 4.74 Å². The topological polar surface area (TPSA) is 85.5 Å². The van der Waals surface area contributed by atoms with Crippen LogP contribution < -0.4 is 5.69 Å². The van der Waals surface area contributed by atoms with Crippen molar-refractivity contribution in [2.75, 3.05) is 32.8 Å². The summed E-state index contributed by atoms with van der Waals surface area (Å²) in [6, 6.07) is 1.44. The first kappa shape index (κ1) is 19.8. The summed E-state index contributed by atoms with van der Waals surface area (Å²) >= 11 is 0. The summed E-state index contributed by atoms with van der Waals surface area (Å²) in [5, 5.41) is 4.31. The molecule has 0 N–H and O–H groups in total. The third-order valence-corrected chi connectivity index (χ3v) is 5.71. The molecule has 2 fully saturated rings. The van der Waals surface area contributed by atoms with E-state index in [1.807, 2.05) is 18.1 Å². The molecule has 0 spiro atoms. The van der Waals surface area contributed by atoms with Crippen LogP contribution in [0, 0.1) is 0 Å². The monoisotopic (exact) mass is 400 g/mol. The number of aromatic nitrogens is 4. The first-order valence-corrected chi connectivity index (χ1v) is 10.3. The normalized spacial score (nSPS) is 23.3. The lowest BCUT2D eigenvalue weighted by Crippen LogP contribution is -2.53. The number of carbonyl (C=O) groups excluding carboxylic acids is 1. The summed E-state index contributed by atoms with van der Waals surface area (Å²) in [5.41, 5.74) is 0.540. The number of carbonyl (C=O) groups is 1. The summed E-state index contributed by atoms with van der Waals surface area (Å²) in [4.78, 5) is 33.2. The third-order valence-electron chi connectivity index (χ3n) is 5.71. The fourth-order valence-electron chi connectivity index (χ4n) is 4.29. The zero-order valence-electron chi connectivity index (χ0n) is 16.8. The quantitative estimate of drug-likeness (QED) is 0.724. The molecule has 9 nitrogen and oxygen atoms in total. The number of ether oxygens (including phenoxy) is 1. The van der Waals surface area contributed by atoms with Crippen molar-refractivity contribution in [1.82, 2.24) is 29.1 Å². The smallest absolute Gasteiger partial charge is 0.347 e. The molecule has 9 heteroatoms. The van der Waals surface area contributed by atoms with Gasteiger partial charge in [-0.15, -0.1) is 0 Å². The summed E-state index contributed by atoms with van der Waals surface area (Å²) < 4.78 is 9.25. The van der Waals surface area contributed by atoms with Gasteiger partial charge in [-0.3, -0.25) is 14.0 Å². The van der Waals surface area contributed by atoms with Crippen LogP contribution in [0.3, 0.4) is 0 Å². The van der Waals surface area contributed by atoms with E-state index in [2.05, 4.69) is 15.0 Å². The lowest BCUT2D eigenvalue weighted by atomic mass is 9.99. The van der Waals surface area contributed by atoms with Gasteiger partial charge < -0.3 is 14.5 Å². The molecule has 0 unspecified atom stereocenters. The Hall–Kier alpha value is -2.52. The second-order valence-corrected chi connectivity index (χ2v) is 7.78. The first-order chi connectivity index (χ1) is 14.1. The Balaban J connectivity index is 1.57. The van der Waals surface area contributed by atoms with Crippen molar-refractivity contribution >= 4 is 5.91 Å². The predicted octanol–water partition coefficient (Wildman–Crippen LogP) is 0.431. The van der Waals surface area contributed by atoms with Crippen molar-refractivity contribution < 1.29 is 9.53 Å². The lowest BCUT2D eigenvalue weighted by molar-refractivity contribution is -0.149. The molecule has 0 radical (unpaired) electrons. The number of amides is 1. The second-order valence-electron chi connectivity index (χ2n) is 7.78. The zero-order valence-corrected chi connectivity index (χ0v) is 16.8. The molecule has 4 heterocycles. The molecule has 29 heavy (non-hydrogen) atoms. The van der Waals surface area contributed by atoms with Crippen molar-refractivity contribution in [3.8, 4) is 0 Å². The fourth-order valence-corrected chi connectivity index (χ4v) is 4.29. The van der Waals surface area contributed by atoms with Crippen LogP contribution in [0.5, 0.6) is 0 Å². The Kier molecular flexibility index (Phi) is 6.05. The van der Waals surface area contributed by atoms with E-state index < -0.39 is 5.69 Å². The Labute approximate surface area is 169 Å². The van der Waals surface area contributed by atoms with Crippen LogP contribution in [-0.2, 0) is 23.1 Å². The summed E-state index contributed by atoms with van der Waals surface area (Å²) in [6.45, 7) is 3.88.